The van der Waals surface area contributed by atoms with Crippen LogP contribution in [0.25, 0.3) is 0 Å². The smallest absolute Gasteiger partial charge is 0.231 e. The molecule has 1 saturated carbocycles. The highest BCUT2D eigenvalue weighted by Gasteiger charge is 2.43. The molecule has 1 amide bonds. The quantitative estimate of drug-likeness (QED) is 0.694. The maximum atomic E-state index is 12.5. The van der Waals surface area contributed by atoms with Crippen molar-refractivity contribution in [1.29, 1.82) is 0 Å². The fraction of sp³-hybridized carbons (Fsp3) is 0.462. The fourth-order valence-electron chi connectivity index (χ4n) is 2.39. The van der Waals surface area contributed by atoms with Crippen LogP contribution in [0, 0.1) is 5.41 Å². The normalized spacial score (nSPS) is 26.5. The van der Waals surface area contributed by atoms with E-state index in [2.05, 4.69) is 53.1 Å². The van der Waals surface area contributed by atoms with Crippen LogP contribution in [0.2, 0.25) is 0 Å². The van der Waals surface area contributed by atoms with Gasteiger partial charge in [-0.15, -0.1) is 0 Å². The lowest BCUT2D eigenvalue weighted by Gasteiger charge is -2.28. The van der Waals surface area contributed by atoms with Crippen LogP contribution in [0.5, 0.6) is 0 Å². The molecule has 1 aromatic rings. The van der Waals surface area contributed by atoms with Crippen molar-refractivity contribution < 1.29 is 4.79 Å². The highest BCUT2D eigenvalue weighted by Crippen LogP contribution is 2.40. The summed E-state index contributed by atoms with van der Waals surface area (Å²) in [6.07, 6.45) is 2.76. The highest BCUT2D eigenvalue weighted by atomic mass is 79.9. The first-order valence-electron chi connectivity index (χ1n) is 6.06. The Morgan fingerprint density at radius 1 is 1.37 bits per heavy atom. The molecule has 19 heavy (non-hydrogen) atoms. The summed E-state index contributed by atoms with van der Waals surface area (Å²) in [5.74, 6) is -0.0128. The molecule has 0 bridgehead atoms. The number of carbonyl (C=O) groups excluding carboxylic acids is 1. The molecule has 1 aliphatic rings. The molecule has 0 saturated heterocycles. The highest BCUT2D eigenvalue weighted by molar-refractivity contribution is 9.11. The summed E-state index contributed by atoms with van der Waals surface area (Å²) in [5.41, 5.74) is 6.34. The largest absolute Gasteiger partial charge is 0.327 e. The molecule has 104 valence electrons. The van der Waals surface area contributed by atoms with Crippen LogP contribution in [-0.2, 0) is 4.79 Å². The van der Waals surface area contributed by atoms with Crippen LogP contribution in [0.4, 0.5) is 5.69 Å². The summed E-state index contributed by atoms with van der Waals surface area (Å²) >= 11 is 10.3. The number of benzene rings is 1. The molecule has 1 fully saturated rings. The average Bonchev–Trinajstić information content (AvgIpc) is 2.65. The molecule has 0 spiro atoms. The van der Waals surface area contributed by atoms with E-state index in [-0.39, 0.29) is 11.9 Å². The van der Waals surface area contributed by atoms with Crippen LogP contribution in [0.3, 0.4) is 0 Å². The number of rotatable bonds is 2. The van der Waals surface area contributed by atoms with Crippen molar-refractivity contribution in [3.05, 3.63) is 25.6 Å². The van der Waals surface area contributed by atoms with Crippen molar-refractivity contribution in [2.24, 2.45) is 11.1 Å². The molecule has 0 heterocycles. The molecule has 1 aromatic carbocycles. The molecular weight excluding hydrogens is 440 g/mol. The zero-order chi connectivity index (χ0) is 14.2. The van der Waals surface area contributed by atoms with Gasteiger partial charge in [-0.1, -0.05) is 22.4 Å². The van der Waals surface area contributed by atoms with Gasteiger partial charge in [0.1, 0.15) is 0 Å². The van der Waals surface area contributed by atoms with Crippen LogP contribution in [-0.4, -0.2) is 11.9 Å². The Hall–Kier alpha value is 0.0900. The van der Waals surface area contributed by atoms with E-state index < -0.39 is 5.41 Å². The molecule has 0 aromatic heterocycles. The van der Waals surface area contributed by atoms with Crippen molar-refractivity contribution in [3.8, 4) is 0 Å². The van der Waals surface area contributed by atoms with Crippen LogP contribution in [0.1, 0.15) is 26.2 Å². The second-order valence-corrected chi connectivity index (χ2v) is 7.74. The second kappa shape index (κ2) is 5.84. The van der Waals surface area contributed by atoms with Gasteiger partial charge in [0, 0.05) is 19.5 Å². The molecular formula is C13H15Br3N2O. The Morgan fingerprint density at radius 3 is 2.42 bits per heavy atom. The number of hydrogen-bond acceptors (Lipinski definition) is 2. The summed E-state index contributed by atoms with van der Waals surface area (Å²) < 4.78 is 2.60. The van der Waals surface area contributed by atoms with E-state index >= 15 is 0 Å². The van der Waals surface area contributed by atoms with Crippen molar-refractivity contribution in [3.63, 3.8) is 0 Å². The summed E-state index contributed by atoms with van der Waals surface area (Å²) in [4.78, 5) is 12.5. The predicted molar refractivity (Wildman–Crippen MR) is 88.1 cm³/mol. The Kier molecular flexibility index (Phi) is 4.75. The van der Waals surface area contributed by atoms with Gasteiger partial charge in [0.05, 0.1) is 11.1 Å². The molecule has 2 unspecified atom stereocenters. The Balaban J connectivity index is 2.25. The summed E-state index contributed by atoms with van der Waals surface area (Å²) in [7, 11) is 0. The minimum absolute atomic E-state index is 0.0128. The molecule has 3 N–H and O–H groups in total. The topological polar surface area (TPSA) is 55.1 Å². The monoisotopic (exact) mass is 452 g/mol. The van der Waals surface area contributed by atoms with Crippen molar-refractivity contribution in [1.82, 2.24) is 0 Å². The molecule has 2 rings (SSSR count). The minimum atomic E-state index is -0.480. The number of amides is 1. The van der Waals surface area contributed by atoms with Gasteiger partial charge in [-0.3, -0.25) is 4.79 Å². The standard InChI is InChI=1S/C13H15Br3N2O/c1-13(4-2-3-10(13)17)12(19)18-11-8(15)5-7(14)6-9(11)16/h5-6,10H,2-4,17H2,1H3,(H,18,19). The third-order valence-electron chi connectivity index (χ3n) is 3.79. The lowest BCUT2D eigenvalue weighted by molar-refractivity contribution is -0.125. The van der Waals surface area contributed by atoms with Crippen LogP contribution >= 0.6 is 47.8 Å². The molecule has 0 aliphatic heterocycles. The zero-order valence-electron chi connectivity index (χ0n) is 10.5. The molecule has 3 nitrogen and oxygen atoms in total. The Morgan fingerprint density at radius 2 is 1.95 bits per heavy atom. The minimum Gasteiger partial charge on any atom is -0.327 e. The van der Waals surface area contributed by atoms with E-state index in [0.717, 1.165) is 38.4 Å². The maximum Gasteiger partial charge on any atom is 0.231 e. The maximum absolute atomic E-state index is 12.5. The number of nitrogens with one attached hydrogen (secondary N) is 1. The van der Waals surface area contributed by atoms with Gasteiger partial charge in [0.15, 0.2) is 0 Å². The van der Waals surface area contributed by atoms with Crippen molar-refractivity contribution in [2.45, 2.75) is 32.2 Å². The summed E-state index contributed by atoms with van der Waals surface area (Å²) in [6.45, 7) is 1.95. The fourth-order valence-corrected chi connectivity index (χ4v) is 4.85. The van der Waals surface area contributed by atoms with Gasteiger partial charge in [-0.2, -0.15) is 0 Å². The predicted octanol–water partition coefficient (Wildman–Crippen LogP) is 4.43. The number of anilines is 1. The molecule has 2 atom stereocenters. The van der Waals surface area contributed by atoms with Gasteiger partial charge < -0.3 is 11.1 Å². The van der Waals surface area contributed by atoms with E-state index in [4.69, 9.17) is 5.73 Å². The van der Waals surface area contributed by atoms with Gasteiger partial charge in [0.2, 0.25) is 5.91 Å². The van der Waals surface area contributed by atoms with Crippen LogP contribution < -0.4 is 11.1 Å². The first kappa shape index (κ1) is 15.5. The van der Waals surface area contributed by atoms with Gasteiger partial charge in [-0.05, 0) is 63.8 Å². The zero-order valence-corrected chi connectivity index (χ0v) is 15.2. The van der Waals surface area contributed by atoms with E-state index in [1.165, 1.54) is 0 Å². The number of nitrogens with two attached hydrogens (primary N) is 1. The van der Waals surface area contributed by atoms with E-state index in [0.29, 0.717) is 0 Å². The van der Waals surface area contributed by atoms with Gasteiger partial charge >= 0.3 is 0 Å². The number of halogens is 3. The molecule has 0 radical (unpaired) electrons. The van der Waals surface area contributed by atoms with E-state index in [1.807, 2.05) is 19.1 Å². The van der Waals surface area contributed by atoms with Gasteiger partial charge in [0.25, 0.3) is 0 Å². The van der Waals surface area contributed by atoms with Crippen molar-refractivity contribution in [2.75, 3.05) is 5.32 Å². The first-order valence-corrected chi connectivity index (χ1v) is 8.44. The summed E-state index contributed by atoms with van der Waals surface area (Å²) in [6, 6.07) is 3.73. The third kappa shape index (κ3) is 3.06. The first-order chi connectivity index (χ1) is 8.84. The van der Waals surface area contributed by atoms with Crippen LogP contribution in [0.15, 0.2) is 25.6 Å². The molecule has 1 aliphatic carbocycles. The Labute approximate surface area is 138 Å². The lowest BCUT2D eigenvalue weighted by Crippen LogP contribution is -2.44. The van der Waals surface area contributed by atoms with Gasteiger partial charge in [-0.25, -0.2) is 0 Å². The number of carbonyl (C=O) groups is 1. The summed E-state index contributed by atoms with van der Waals surface area (Å²) in [5, 5.41) is 2.99. The second-order valence-electron chi connectivity index (χ2n) is 5.11. The average molecular weight is 455 g/mol. The Bertz CT molecular complexity index is 498. The molecule has 6 heteroatoms. The van der Waals surface area contributed by atoms with Crippen molar-refractivity contribution >= 4 is 59.4 Å². The van der Waals surface area contributed by atoms with E-state index in [9.17, 15) is 4.79 Å². The van der Waals surface area contributed by atoms with E-state index in [1.54, 1.807) is 0 Å². The third-order valence-corrected chi connectivity index (χ3v) is 5.50. The number of hydrogen-bond donors (Lipinski definition) is 2. The SMILES string of the molecule is CC1(C(=O)Nc2c(Br)cc(Br)cc2Br)CCCC1N. The lowest BCUT2D eigenvalue weighted by atomic mass is 9.84.